The Morgan fingerprint density at radius 3 is 2.70 bits per heavy atom. The molecule has 4 heterocycles. The lowest BCUT2D eigenvalue weighted by molar-refractivity contribution is -0.122. The fourth-order valence-electron chi connectivity index (χ4n) is 6.53. The molecule has 4 unspecified atom stereocenters. The van der Waals surface area contributed by atoms with Crippen molar-refractivity contribution in [2.45, 2.75) is 24.4 Å². The number of carbonyl (C=O) groups is 3. The van der Waals surface area contributed by atoms with E-state index >= 15 is 0 Å². The van der Waals surface area contributed by atoms with Gasteiger partial charge in [-0.3, -0.25) is 14.4 Å². The second kappa shape index (κ2) is 7.70. The van der Waals surface area contributed by atoms with Crippen molar-refractivity contribution in [1.29, 1.82) is 0 Å². The molecule has 3 aromatic carbocycles. The van der Waals surface area contributed by atoms with Gasteiger partial charge in [-0.25, -0.2) is 0 Å². The van der Waals surface area contributed by atoms with Gasteiger partial charge in [-0.05, 0) is 60.5 Å². The molecule has 0 bridgehead atoms. The second-order valence-electron chi connectivity index (χ2n) is 9.75. The predicted octanol–water partition coefficient (Wildman–Crippen LogP) is 4.63. The smallest absolute Gasteiger partial charge is 0.238 e. The molecule has 37 heavy (non-hydrogen) atoms. The molecule has 0 aromatic heterocycles. The molecule has 1 spiro atoms. The molecule has 184 valence electrons. The highest BCUT2D eigenvalue weighted by atomic mass is 35.5. The lowest BCUT2D eigenvalue weighted by Gasteiger charge is -2.37. The number of rotatable bonds is 3. The van der Waals surface area contributed by atoms with Crippen LogP contribution in [-0.2, 0) is 15.0 Å². The number of ketones is 2. The van der Waals surface area contributed by atoms with Crippen molar-refractivity contribution < 1.29 is 23.9 Å². The molecule has 3 aromatic rings. The maximum atomic E-state index is 14.5. The van der Waals surface area contributed by atoms with Gasteiger partial charge >= 0.3 is 0 Å². The fraction of sp³-hybridized carbons (Fsp3) is 0.207. The van der Waals surface area contributed by atoms with E-state index in [1.54, 1.807) is 24.3 Å². The Labute approximate surface area is 217 Å². The first-order valence-electron chi connectivity index (χ1n) is 12.0. The average Bonchev–Trinajstić information content (AvgIpc) is 3.56. The number of Topliss-reactive ketones (excluding diaryl/α,β-unsaturated/α-hetero) is 2. The third-order valence-corrected chi connectivity index (χ3v) is 8.19. The Morgan fingerprint density at radius 1 is 1.05 bits per heavy atom. The summed E-state index contributed by atoms with van der Waals surface area (Å²) in [5.74, 6) is -0.779. The van der Waals surface area contributed by atoms with Gasteiger partial charge in [0.25, 0.3) is 0 Å². The minimum absolute atomic E-state index is 0.0756. The van der Waals surface area contributed by atoms with Gasteiger partial charge in [-0.1, -0.05) is 42.0 Å². The number of nitrogens with one attached hydrogen (secondary N) is 1. The summed E-state index contributed by atoms with van der Waals surface area (Å²) in [6, 6.07) is 16.4. The number of anilines is 2. The van der Waals surface area contributed by atoms with Crippen molar-refractivity contribution in [2.75, 3.05) is 17.0 Å². The zero-order chi connectivity index (χ0) is 25.5. The van der Waals surface area contributed by atoms with Crippen LogP contribution in [0, 0.1) is 5.92 Å². The van der Waals surface area contributed by atoms with Crippen LogP contribution in [0.15, 0.2) is 66.7 Å². The molecule has 7 nitrogen and oxygen atoms in total. The van der Waals surface area contributed by atoms with Crippen molar-refractivity contribution in [1.82, 2.24) is 0 Å². The van der Waals surface area contributed by atoms with Crippen molar-refractivity contribution in [3.63, 3.8) is 0 Å². The van der Waals surface area contributed by atoms with E-state index in [1.807, 2.05) is 53.5 Å². The Morgan fingerprint density at radius 2 is 1.86 bits per heavy atom. The van der Waals surface area contributed by atoms with E-state index in [0.29, 0.717) is 33.3 Å². The highest BCUT2D eigenvalue weighted by Gasteiger charge is 2.69. The Balaban J connectivity index is 1.50. The Hall–Kier alpha value is -4.10. The molecule has 0 aliphatic carbocycles. The van der Waals surface area contributed by atoms with Crippen LogP contribution in [0.4, 0.5) is 11.4 Å². The first-order valence-corrected chi connectivity index (χ1v) is 12.4. The van der Waals surface area contributed by atoms with Crippen LogP contribution in [-0.4, -0.2) is 36.4 Å². The standard InChI is InChI=1S/C29H21ClN2O5/c1-15(33)26-25(27(34)17-6-10-22-23(13-17)37-14-36-22)29(19-4-2-3-5-20(19)31-28(29)35)24-11-7-16-12-18(30)8-9-21(16)32(24)26/h2-13,24-26H,14H2,1H3,(H,31,35). The lowest BCUT2D eigenvalue weighted by Crippen LogP contribution is -2.51. The number of hydrogen-bond donors (Lipinski definition) is 1. The summed E-state index contributed by atoms with van der Waals surface area (Å²) in [6.07, 6.45) is 3.84. The molecule has 1 amide bonds. The molecule has 1 N–H and O–H groups in total. The molecule has 4 aliphatic heterocycles. The van der Waals surface area contributed by atoms with Gasteiger partial charge in [-0.2, -0.15) is 0 Å². The normalized spacial score (nSPS) is 26.1. The fourth-order valence-corrected chi connectivity index (χ4v) is 6.71. The number of para-hydroxylation sites is 1. The van der Waals surface area contributed by atoms with Gasteiger partial charge in [0, 0.05) is 22.0 Å². The molecule has 0 radical (unpaired) electrons. The molecule has 4 atom stereocenters. The highest BCUT2D eigenvalue weighted by molar-refractivity contribution is 6.31. The summed E-state index contributed by atoms with van der Waals surface area (Å²) in [6.45, 7) is 1.56. The quantitative estimate of drug-likeness (QED) is 0.515. The number of benzene rings is 3. The van der Waals surface area contributed by atoms with E-state index in [0.717, 1.165) is 11.3 Å². The van der Waals surface area contributed by atoms with Crippen LogP contribution >= 0.6 is 11.6 Å². The predicted molar refractivity (Wildman–Crippen MR) is 138 cm³/mol. The number of amides is 1. The van der Waals surface area contributed by atoms with Crippen LogP contribution in [0.2, 0.25) is 5.02 Å². The van der Waals surface area contributed by atoms with Crippen molar-refractivity contribution in [2.24, 2.45) is 5.92 Å². The summed E-state index contributed by atoms with van der Waals surface area (Å²) in [4.78, 5) is 43.9. The van der Waals surface area contributed by atoms with Crippen LogP contribution in [0.3, 0.4) is 0 Å². The first-order chi connectivity index (χ1) is 17.9. The minimum Gasteiger partial charge on any atom is -0.454 e. The topological polar surface area (TPSA) is 84.9 Å². The van der Waals surface area contributed by atoms with Crippen LogP contribution in [0.1, 0.15) is 28.4 Å². The van der Waals surface area contributed by atoms with Gasteiger partial charge in [0.15, 0.2) is 23.1 Å². The van der Waals surface area contributed by atoms with Crippen LogP contribution in [0.5, 0.6) is 11.5 Å². The van der Waals surface area contributed by atoms with Gasteiger partial charge < -0.3 is 19.7 Å². The van der Waals surface area contributed by atoms with Crippen molar-refractivity contribution in [3.8, 4) is 11.5 Å². The highest BCUT2D eigenvalue weighted by Crippen LogP contribution is 2.58. The summed E-state index contributed by atoms with van der Waals surface area (Å²) >= 11 is 6.28. The molecule has 8 heteroatoms. The van der Waals surface area contributed by atoms with Crippen molar-refractivity contribution >= 4 is 46.5 Å². The van der Waals surface area contributed by atoms with E-state index < -0.39 is 23.4 Å². The van der Waals surface area contributed by atoms with E-state index in [2.05, 4.69) is 5.32 Å². The maximum Gasteiger partial charge on any atom is 0.238 e. The zero-order valence-electron chi connectivity index (χ0n) is 19.7. The summed E-state index contributed by atoms with van der Waals surface area (Å²) < 4.78 is 10.9. The van der Waals surface area contributed by atoms with E-state index in [-0.39, 0.29) is 24.3 Å². The lowest BCUT2D eigenvalue weighted by atomic mass is 9.64. The number of hydrogen-bond acceptors (Lipinski definition) is 6. The maximum absolute atomic E-state index is 14.5. The largest absolute Gasteiger partial charge is 0.454 e. The average molecular weight is 513 g/mol. The van der Waals surface area contributed by atoms with Crippen LogP contribution < -0.4 is 19.7 Å². The molecular formula is C29H21ClN2O5. The number of fused-ring (bicyclic) bond motifs is 7. The number of ether oxygens (including phenoxy) is 2. The van der Waals surface area contributed by atoms with E-state index in [1.165, 1.54) is 6.92 Å². The first kappa shape index (κ1) is 22.1. The summed E-state index contributed by atoms with van der Waals surface area (Å²) in [5.41, 5.74) is 1.98. The number of halogens is 1. The molecule has 0 saturated carbocycles. The summed E-state index contributed by atoms with van der Waals surface area (Å²) in [5, 5.41) is 3.57. The van der Waals surface area contributed by atoms with Gasteiger partial charge in [0.1, 0.15) is 5.41 Å². The van der Waals surface area contributed by atoms with Crippen LogP contribution in [0.25, 0.3) is 6.08 Å². The van der Waals surface area contributed by atoms with Gasteiger partial charge in [0.2, 0.25) is 12.7 Å². The Kier molecular flexibility index (Phi) is 4.60. The second-order valence-corrected chi connectivity index (χ2v) is 10.2. The monoisotopic (exact) mass is 512 g/mol. The summed E-state index contributed by atoms with van der Waals surface area (Å²) in [7, 11) is 0. The van der Waals surface area contributed by atoms with E-state index in [9.17, 15) is 14.4 Å². The van der Waals surface area contributed by atoms with E-state index in [4.69, 9.17) is 21.1 Å². The number of carbonyl (C=O) groups excluding carboxylic acids is 3. The zero-order valence-corrected chi connectivity index (χ0v) is 20.5. The molecule has 7 rings (SSSR count). The molecular weight excluding hydrogens is 492 g/mol. The molecule has 1 saturated heterocycles. The minimum atomic E-state index is -1.33. The third-order valence-electron chi connectivity index (χ3n) is 7.95. The third kappa shape index (κ3) is 2.86. The molecule has 1 fully saturated rings. The van der Waals surface area contributed by atoms with Crippen molar-refractivity contribution in [3.05, 3.63) is 88.5 Å². The SMILES string of the molecule is CC(=O)C1C(C(=O)c2ccc3c(c2)OCO3)C2(C(=O)Nc3ccccc32)C2C=Cc3cc(Cl)ccc3N12. The molecule has 4 aliphatic rings. The Bertz CT molecular complexity index is 1570. The number of nitrogens with zero attached hydrogens (tertiary/aromatic N) is 1. The van der Waals surface area contributed by atoms with Gasteiger partial charge in [0.05, 0.1) is 18.0 Å². The van der Waals surface area contributed by atoms with Gasteiger partial charge in [-0.15, -0.1) is 0 Å².